The van der Waals surface area contributed by atoms with Gasteiger partial charge in [-0.2, -0.15) is 0 Å². The molecule has 0 atom stereocenters. The number of ether oxygens (including phenoxy) is 2. The van der Waals surface area contributed by atoms with E-state index in [0.717, 1.165) is 13.0 Å². The highest BCUT2D eigenvalue weighted by atomic mass is 35.5. The van der Waals surface area contributed by atoms with Crippen molar-refractivity contribution in [2.75, 3.05) is 25.7 Å². The van der Waals surface area contributed by atoms with Gasteiger partial charge in [-0.3, -0.25) is 0 Å². The Morgan fingerprint density at radius 2 is 2.05 bits per heavy atom. The van der Waals surface area contributed by atoms with Crippen molar-refractivity contribution in [2.24, 2.45) is 5.92 Å². The van der Waals surface area contributed by atoms with Crippen molar-refractivity contribution in [1.82, 2.24) is 0 Å². The van der Waals surface area contributed by atoms with E-state index in [-0.39, 0.29) is 5.88 Å². The first-order valence-corrected chi connectivity index (χ1v) is 7.22. The van der Waals surface area contributed by atoms with Crippen LogP contribution in [0.4, 0.5) is 4.39 Å². The molecule has 2 nitrogen and oxygen atoms in total. The molecule has 0 aliphatic rings. The SMILES string of the molecule is CC(C)CCOCCOc1ccc(C#CCCl)c(F)c1. The molecule has 0 amide bonds. The molecule has 0 saturated carbocycles. The van der Waals surface area contributed by atoms with Crippen LogP contribution in [0.25, 0.3) is 0 Å². The zero-order valence-corrected chi connectivity index (χ0v) is 12.7. The lowest BCUT2D eigenvalue weighted by Crippen LogP contribution is -2.08. The maximum atomic E-state index is 13.6. The molecule has 0 unspecified atom stereocenters. The van der Waals surface area contributed by atoms with Gasteiger partial charge in [0, 0.05) is 12.7 Å². The number of benzene rings is 1. The molecule has 1 rings (SSSR count). The first-order valence-electron chi connectivity index (χ1n) is 6.68. The second-order valence-corrected chi connectivity index (χ2v) is 4.99. The third kappa shape index (κ3) is 6.79. The zero-order chi connectivity index (χ0) is 14.8. The van der Waals surface area contributed by atoms with E-state index in [4.69, 9.17) is 21.1 Å². The van der Waals surface area contributed by atoms with Crippen LogP contribution in [0.1, 0.15) is 25.8 Å². The Morgan fingerprint density at radius 1 is 1.25 bits per heavy atom. The van der Waals surface area contributed by atoms with Gasteiger partial charge >= 0.3 is 0 Å². The van der Waals surface area contributed by atoms with E-state index in [2.05, 4.69) is 25.7 Å². The summed E-state index contributed by atoms with van der Waals surface area (Å²) in [6.07, 6.45) is 1.03. The van der Waals surface area contributed by atoms with Crippen LogP contribution in [0.15, 0.2) is 18.2 Å². The van der Waals surface area contributed by atoms with E-state index >= 15 is 0 Å². The van der Waals surface area contributed by atoms with E-state index < -0.39 is 5.82 Å². The first-order chi connectivity index (χ1) is 9.63. The molecule has 0 bridgehead atoms. The first kappa shape index (κ1) is 16.8. The Bertz CT molecular complexity index is 463. The molecule has 0 aliphatic carbocycles. The van der Waals surface area contributed by atoms with Crippen molar-refractivity contribution in [3.63, 3.8) is 0 Å². The van der Waals surface area contributed by atoms with E-state index in [1.807, 2.05) is 0 Å². The molecule has 0 radical (unpaired) electrons. The molecule has 110 valence electrons. The maximum absolute atomic E-state index is 13.6. The molecule has 0 aliphatic heterocycles. The molecule has 0 N–H and O–H groups in total. The maximum Gasteiger partial charge on any atom is 0.142 e. The minimum Gasteiger partial charge on any atom is -0.491 e. The smallest absolute Gasteiger partial charge is 0.142 e. The number of hydrogen-bond acceptors (Lipinski definition) is 2. The van der Waals surface area contributed by atoms with Crippen molar-refractivity contribution in [3.8, 4) is 17.6 Å². The van der Waals surface area contributed by atoms with Crippen LogP contribution in [-0.2, 0) is 4.74 Å². The standard InChI is InChI=1S/C16H20ClFO2/c1-13(2)7-9-19-10-11-20-15-6-5-14(4-3-8-17)16(18)12-15/h5-6,12-13H,7-11H2,1-2H3. The molecular weight excluding hydrogens is 279 g/mol. The van der Waals surface area contributed by atoms with Crippen molar-refractivity contribution in [2.45, 2.75) is 20.3 Å². The zero-order valence-electron chi connectivity index (χ0n) is 11.9. The van der Waals surface area contributed by atoms with E-state index in [9.17, 15) is 4.39 Å². The lowest BCUT2D eigenvalue weighted by Gasteiger charge is -2.08. The predicted octanol–water partition coefficient (Wildman–Crippen LogP) is 3.86. The van der Waals surface area contributed by atoms with Crippen LogP contribution in [0.5, 0.6) is 5.75 Å². The van der Waals surface area contributed by atoms with Crippen LogP contribution in [-0.4, -0.2) is 25.7 Å². The second kappa shape index (κ2) is 9.63. The van der Waals surface area contributed by atoms with Gasteiger partial charge in [-0.25, -0.2) is 4.39 Å². The fourth-order valence-electron chi connectivity index (χ4n) is 1.46. The number of rotatable bonds is 7. The minimum absolute atomic E-state index is 0.186. The van der Waals surface area contributed by atoms with E-state index in [1.165, 1.54) is 6.07 Å². The van der Waals surface area contributed by atoms with Gasteiger partial charge in [-0.05, 0) is 24.5 Å². The summed E-state index contributed by atoms with van der Waals surface area (Å²) in [5.41, 5.74) is 0.325. The van der Waals surface area contributed by atoms with Gasteiger partial charge in [0.15, 0.2) is 0 Å². The second-order valence-electron chi connectivity index (χ2n) is 4.72. The Balaban J connectivity index is 2.33. The minimum atomic E-state index is -0.402. The van der Waals surface area contributed by atoms with Gasteiger partial charge in [0.1, 0.15) is 18.2 Å². The quantitative estimate of drug-likeness (QED) is 0.432. The highest BCUT2D eigenvalue weighted by Crippen LogP contribution is 2.16. The fourth-order valence-corrected chi connectivity index (χ4v) is 1.52. The molecule has 0 spiro atoms. The van der Waals surface area contributed by atoms with Crippen LogP contribution in [0, 0.1) is 23.6 Å². The van der Waals surface area contributed by atoms with E-state index in [1.54, 1.807) is 12.1 Å². The van der Waals surface area contributed by atoms with Gasteiger partial charge in [0.05, 0.1) is 18.1 Å². The topological polar surface area (TPSA) is 18.5 Å². The summed E-state index contributed by atoms with van der Waals surface area (Å²) in [6.45, 7) is 5.93. The average molecular weight is 299 g/mol. The summed E-state index contributed by atoms with van der Waals surface area (Å²) >= 11 is 5.43. The number of hydrogen-bond donors (Lipinski definition) is 0. The van der Waals surface area contributed by atoms with Gasteiger partial charge in [0.25, 0.3) is 0 Å². The molecule has 1 aromatic rings. The van der Waals surface area contributed by atoms with Crippen LogP contribution in [0.2, 0.25) is 0 Å². The molecule has 20 heavy (non-hydrogen) atoms. The van der Waals surface area contributed by atoms with Crippen molar-refractivity contribution < 1.29 is 13.9 Å². The van der Waals surface area contributed by atoms with Gasteiger partial charge in [-0.1, -0.05) is 25.7 Å². The summed E-state index contributed by atoms with van der Waals surface area (Å²) in [4.78, 5) is 0. The average Bonchev–Trinajstić information content (AvgIpc) is 2.41. The van der Waals surface area contributed by atoms with Crippen LogP contribution >= 0.6 is 11.6 Å². The molecule has 1 aromatic carbocycles. The number of alkyl halides is 1. The fraction of sp³-hybridized carbons (Fsp3) is 0.500. The predicted molar refractivity (Wildman–Crippen MR) is 79.8 cm³/mol. The Kier molecular flexibility index (Phi) is 8.10. The van der Waals surface area contributed by atoms with Crippen molar-refractivity contribution in [3.05, 3.63) is 29.6 Å². The molecule has 0 saturated heterocycles. The van der Waals surface area contributed by atoms with Crippen LogP contribution < -0.4 is 4.74 Å². The van der Waals surface area contributed by atoms with Gasteiger partial charge < -0.3 is 9.47 Å². The summed E-state index contributed by atoms with van der Waals surface area (Å²) in [5, 5.41) is 0. The van der Waals surface area contributed by atoms with E-state index in [0.29, 0.717) is 30.4 Å². The highest BCUT2D eigenvalue weighted by molar-refractivity contribution is 6.19. The largest absolute Gasteiger partial charge is 0.491 e. The Labute approximate surface area is 125 Å². The molecular formula is C16H20ClFO2. The Hall–Kier alpha value is -1.24. The summed E-state index contributed by atoms with van der Waals surface area (Å²) < 4.78 is 24.5. The lowest BCUT2D eigenvalue weighted by molar-refractivity contribution is 0.0925. The van der Waals surface area contributed by atoms with Crippen molar-refractivity contribution >= 4 is 11.6 Å². The normalized spacial score (nSPS) is 10.2. The third-order valence-electron chi connectivity index (χ3n) is 2.57. The third-order valence-corrected chi connectivity index (χ3v) is 2.70. The number of halogens is 2. The summed E-state index contributed by atoms with van der Waals surface area (Å²) in [5.74, 6) is 6.16. The molecule has 4 heteroatoms. The molecule has 0 aromatic heterocycles. The Morgan fingerprint density at radius 3 is 2.70 bits per heavy atom. The highest BCUT2D eigenvalue weighted by Gasteiger charge is 2.02. The van der Waals surface area contributed by atoms with Crippen molar-refractivity contribution in [1.29, 1.82) is 0 Å². The monoisotopic (exact) mass is 298 g/mol. The van der Waals surface area contributed by atoms with Gasteiger partial charge in [0.2, 0.25) is 0 Å². The van der Waals surface area contributed by atoms with Crippen LogP contribution in [0.3, 0.4) is 0 Å². The summed E-state index contributed by atoms with van der Waals surface area (Å²) in [7, 11) is 0. The summed E-state index contributed by atoms with van der Waals surface area (Å²) in [6, 6.07) is 4.60. The lowest BCUT2D eigenvalue weighted by atomic mass is 10.1. The molecule has 0 fully saturated rings. The van der Waals surface area contributed by atoms with Gasteiger partial charge in [-0.15, -0.1) is 11.6 Å². The molecule has 0 heterocycles.